The van der Waals surface area contributed by atoms with Crippen molar-refractivity contribution >= 4 is 11.6 Å². The predicted molar refractivity (Wildman–Crippen MR) is 95.3 cm³/mol. The Balaban J connectivity index is 1.76. The summed E-state index contributed by atoms with van der Waals surface area (Å²) in [6.07, 6.45) is 11.4. The molecule has 0 aromatic heterocycles. The van der Waals surface area contributed by atoms with Crippen LogP contribution in [0.3, 0.4) is 0 Å². The summed E-state index contributed by atoms with van der Waals surface area (Å²) in [7, 11) is 0. The van der Waals surface area contributed by atoms with Crippen molar-refractivity contribution in [1.82, 2.24) is 0 Å². The van der Waals surface area contributed by atoms with Gasteiger partial charge in [0.1, 0.15) is 5.78 Å². The molecule has 0 aliphatic heterocycles. The third-order valence-electron chi connectivity index (χ3n) is 8.10. The van der Waals surface area contributed by atoms with Gasteiger partial charge >= 0.3 is 0 Å². The van der Waals surface area contributed by atoms with Gasteiger partial charge in [0.05, 0.1) is 0 Å². The molecule has 128 valence electrons. The van der Waals surface area contributed by atoms with Gasteiger partial charge in [-0.1, -0.05) is 38.2 Å². The molecule has 24 heavy (non-hydrogen) atoms. The van der Waals surface area contributed by atoms with E-state index in [1.807, 2.05) is 6.08 Å². The number of carbonyl (C=O) groups excluding carboxylic acids is 2. The molecule has 0 spiro atoms. The zero-order chi connectivity index (χ0) is 17.3. The van der Waals surface area contributed by atoms with Gasteiger partial charge in [0.15, 0.2) is 5.78 Å². The van der Waals surface area contributed by atoms with Gasteiger partial charge in [-0.25, -0.2) is 0 Å². The molecule has 0 aromatic carbocycles. The fraction of sp³-hybridized carbons (Fsp3) is 0.636. The van der Waals surface area contributed by atoms with E-state index in [1.165, 1.54) is 0 Å². The van der Waals surface area contributed by atoms with Crippen LogP contribution in [-0.2, 0) is 9.59 Å². The first-order valence-corrected chi connectivity index (χ1v) is 9.40. The zero-order valence-electron chi connectivity index (χ0n) is 15.1. The van der Waals surface area contributed by atoms with Gasteiger partial charge in [-0.3, -0.25) is 9.59 Å². The molecular weight excluding hydrogens is 296 g/mol. The van der Waals surface area contributed by atoms with Gasteiger partial charge in [-0.2, -0.15) is 0 Å². The largest absolute Gasteiger partial charge is 0.300 e. The predicted octanol–water partition coefficient (Wildman–Crippen LogP) is 4.67. The Kier molecular flexibility index (Phi) is 3.37. The van der Waals surface area contributed by atoms with Crippen molar-refractivity contribution in [3.8, 4) is 0 Å². The smallest absolute Gasteiger partial charge is 0.160 e. The van der Waals surface area contributed by atoms with E-state index in [-0.39, 0.29) is 22.5 Å². The SMILES string of the molecule is C=C1CC(=O)C=C2C=C[C@@H]3[C@H](CC[C@]4(C)[C@@H](C(C)=O)CC[C@@H]34)[C@@]12C. The summed E-state index contributed by atoms with van der Waals surface area (Å²) in [6.45, 7) is 10.7. The van der Waals surface area contributed by atoms with Crippen LogP contribution >= 0.6 is 0 Å². The fourth-order valence-corrected chi connectivity index (χ4v) is 6.69. The van der Waals surface area contributed by atoms with Crippen molar-refractivity contribution in [2.45, 2.75) is 52.9 Å². The van der Waals surface area contributed by atoms with Gasteiger partial charge in [0, 0.05) is 17.8 Å². The lowest BCUT2D eigenvalue weighted by Crippen LogP contribution is -2.50. The highest BCUT2D eigenvalue weighted by Gasteiger charge is 2.59. The van der Waals surface area contributed by atoms with E-state index in [2.05, 4.69) is 32.6 Å². The van der Waals surface area contributed by atoms with Crippen molar-refractivity contribution in [3.63, 3.8) is 0 Å². The Labute approximate surface area is 145 Å². The molecule has 0 amide bonds. The molecule has 4 aliphatic rings. The van der Waals surface area contributed by atoms with Crippen LogP contribution in [0.4, 0.5) is 0 Å². The maximum absolute atomic E-state index is 12.2. The Hall–Kier alpha value is -1.44. The number of allylic oxidation sites excluding steroid dienone is 5. The van der Waals surface area contributed by atoms with E-state index >= 15 is 0 Å². The second kappa shape index (κ2) is 5.03. The minimum atomic E-state index is -0.0665. The monoisotopic (exact) mass is 324 g/mol. The van der Waals surface area contributed by atoms with Gasteiger partial charge < -0.3 is 0 Å². The molecule has 2 fully saturated rings. The van der Waals surface area contributed by atoms with E-state index in [4.69, 9.17) is 0 Å². The zero-order valence-corrected chi connectivity index (χ0v) is 15.1. The van der Waals surface area contributed by atoms with Crippen LogP contribution in [0, 0.1) is 34.5 Å². The lowest BCUT2D eigenvalue weighted by atomic mass is 9.47. The van der Waals surface area contributed by atoms with Crippen molar-refractivity contribution in [1.29, 1.82) is 0 Å². The van der Waals surface area contributed by atoms with Crippen LogP contribution in [-0.4, -0.2) is 11.6 Å². The molecule has 0 radical (unpaired) electrons. The Morgan fingerprint density at radius 2 is 1.96 bits per heavy atom. The number of rotatable bonds is 1. The van der Waals surface area contributed by atoms with Gasteiger partial charge in [-0.05, 0) is 67.4 Å². The fourth-order valence-electron chi connectivity index (χ4n) is 6.69. The summed E-state index contributed by atoms with van der Waals surface area (Å²) in [5.41, 5.74) is 2.34. The topological polar surface area (TPSA) is 34.1 Å². The molecule has 4 aliphatic carbocycles. The number of hydrogen-bond acceptors (Lipinski definition) is 2. The molecule has 2 heteroatoms. The average Bonchev–Trinajstić information content (AvgIpc) is 2.86. The standard InChI is InChI=1S/C22H28O2/c1-13-11-16(24)12-15-5-6-17-19-8-7-18(14(2)23)21(19,3)10-9-20(17)22(13,15)4/h5-6,12,17-20H,1,7-11H2,2-4H3/t17-,18+,19-,20-,21+,22-/m0/s1. The third-order valence-corrected chi connectivity index (χ3v) is 8.10. The number of ketones is 2. The van der Waals surface area contributed by atoms with Crippen molar-refractivity contribution in [3.05, 3.63) is 36.0 Å². The van der Waals surface area contributed by atoms with Crippen LogP contribution in [0.5, 0.6) is 0 Å². The maximum Gasteiger partial charge on any atom is 0.160 e. The van der Waals surface area contributed by atoms with Crippen molar-refractivity contribution in [2.75, 3.05) is 0 Å². The molecule has 0 unspecified atom stereocenters. The summed E-state index contributed by atoms with van der Waals surface area (Å²) >= 11 is 0. The molecule has 0 bridgehead atoms. The summed E-state index contributed by atoms with van der Waals surface area (Å²) in [6, 6.07) is 0. The van der Waals surface area contributed by atoms with Crippen LogP contribution in [0.25, 0.3) is 0 Å². The molecule has 0 saturated heterocycles. The number of hydrogen-bond donors (Lipinski definition) is 0. The highest BCUT2D eigenvalue weighted by Crippen LogP contribution is 2.65. The first-order valence-electron chi connectivity index (χ1n) is 9.40. The molecule has 0 N–H and O–H groups in total. The van der Waals surface area contributed by atoms with Gasteiger partial charge in [0.25, 0.3) is 0 Å². The quantitative estimate of drug-likeness (QED) is 0.657. The Bertz CT molecular complexity index is 697. The van der Waals surface area contributed by atoms with Crippen LogP contribution < -0.4 is 0 Å². The first kappa shape index (κ1) is 16.1. The molecule has 6 atom stereocenters. The highest BCUT2D eigenvalue weighted by molar-refractivity contribution is 5.95. The minimum Gasteiger partial charge on any atom is -0.300 e. The molecule has 2 nitrogen and oxygen atoms in total. The van der Waals surface area contributed by atoms with E-state index in [0.717, 1.165) is 36.8 Å². The highest BCUT2D eigenvalue weighted by atomic mass is 16.1. The van der Waals surface area contributed by atoms with E-state index in [0.29, 0.717) is 30.0 Å². The van der Waals surface area contributed by atoms with Crippen molar-refractivity contribution < 1.29 is 9.59 Å². The van der Waals surface area contributed by atoms with Crippen LogP contribution in [0.2, 0.25) is 0 Å². The molecule has 2 saturated carbocycles. The van der Waals surface area contributed by atoms with E-state index < -0.39 is 0 Å². The number of fused-ring (bicyclic) bond motifs is 5. The van der Waals surface area contributed by atoms with Crippen molar-refractivity contribution in [2.24, 2.45) is 34.5 Å². The average molecular weight is 324 g/mol. The summed E-state index contributed by atoms with van der Waals surface area (Å²) in [5.74, 6) is 2.42. The molecule has 0 aromatic rings. The summed E-state index contributed by atoms with van der Waals surface area (Å²) in [4.78, 5) is 24.1. The second-order valence-electron chi connectivity index (χ2n) is 8.98. The third kappa shape index (κ3) is 1.89. The molecular formula is C22H28O2. The van der Waals surface area contributed by atoms with Crippen LogP contribution in [0.1, 0.15) is 52.9 Å². The van der Waals surface area contributed by atoms with Crippen LogP contribution in [0.15, 0.2) is 36.0 Å². The molecule has 4 rings (SSSR count). The Morgan fingerprint density at radius 1 is 1.21 bits per heavy atom. The maximum atomic E-state index is 12.2. The lowest BCUT2D eigenvalue weighted by molar-refractivity contribution is -0.126. The minimum absolute atomic E-state index is 0.0665. The Morgan fingerprint density at radius 3 is 2.67 bits per heavy atom. The normalized spacial score (nSPS) is 46.9. The summed E-state index contributed by atoms with van der Waals surface area (Å²) < 4.78 is 0. The lowest BCUT2D eigenvalue weighted by Gasteiger charge is -2.56. The second-order valence-corrected chi connectivity index (χ2v) is 8.98. The van der Waals surface area contributed by atoms with E-state index in [1.54, 1.807) is 6.92 Å². The van der Waals surface area contributed by atoms with Gasteiger partial charge in [0.2, 0.25) is 0 Å². The summed E-state index contributed by atoms with van der Waals surface area (Å²) in [5, 5.41) is 0. The number of carbonyl (C=O) groups is 2. The molecule has 0 heterocycles. The number of Topliss-reactive ketones (excluding diaryl/α,β-unsaturated/α-hetero) is 1. The van der Waals surface area contributed by atoms with Gasteiger partial charge in [-0.15, -0.1) is 0 Å². The first-order chi connectivity index (χ1) is 11.3. The van der Waals surface area contributed by atoms with E-state index in [9.17, 15) is 9.59 Å².